The SMILES string of the molecule is CC1(C)OCC(Nc2cccc(CN3CCCC3)c2)CO1. The van der Waals surface area contributed by atoms with Crippen LogP contribution in [0.4, 0.5) is 5.69 Å². The molecule has 0 aromatic heterocycles. The molecule has 0 spiro atoms. The molecule has 4 nitrogen and oxygen atoms in total. The maximum Gasteiger partial charge on any atom is 0.162 e. The standard InChI is InChI=1S/C17H26N2O2/c1-17(2)20-12-16(13-21-17)18-15-7-5-6-14(10-15)11-19-8-3-4-9-19/h5-7,10,16,18H,3-4,8-9,11-13H2,1-2H3. The first-order valence-electron chi connectivity index (χ1n) is 7.96. The van der Waals surface area contributed by atoms with E-state index in [-0.39, 0.29) is 6.04 Å². The summed E-state index contributed by atoms with van der Waals surface area (Å²) in [6.45, 7) is 8.81. The van der Waals surface area contributed by atoms with Crippen molar-refractivity contribution in [1.82, 2.24) is 4.90 Å². The van der Waals surface area contributed by atoms with Crippen LogP contribution in [0.5, 0.6) is 0 Å². The molecule has 116 valence electrons. The number of anilines is 1. The largest absolute Gasteiger partial charge is 0.378 e. The minimum absolute atomic E-state index is 0.222. The van der Waals surface area contributed by atoms with Gasteiger partial charge in [-0.05, 0) is 57.5 Å². The molecule has 21 heavy (non-hydrogen) atoms. The molecule has 2 aliphatic heterocycles. The first-order valence-corrected chi connectivity index (χ1v) is 7.96. The first kappa shape index (κ1) is 14.8. The van der Waals surface area contributed by atoms with Gasteiger partial charge in [-0.1, -0.05) is 12.1 Å². The second-order valence-corrected chi connectivity index (χ2v) is 6.55. The van der Waals surface area contributed by atoms with Crippen LogP contribution in [0, 0.1) is 0 Å². The van der Waals surface area contributed by atoms with Crippen molar-refractivity contribution in [2.24, 2.45) is 0 Å². The minimum Gasteiger partial charge on any atom is -0.378 e. The molecular weight excluding hydrogens is 264 g/mol. The molecule has 0 bridgehead atoms. The Hall–Kier alpha value is -1.10. The molecule has 0 saturated carbocycles. The van der Waals surface area contributed by atoms with Gasteiger partial charge in [0.25, 0.3) is 0 Å². The van der Waals surface area contributed by atoms with Gasteiger partial charge >= 0.3 is 0 Å². The monoisotopic (exact) mass is 290 g/mol. The fourth-order valence-corrected chi connectivity index (χ4v) is 2.97. The van der Waals surface area contributed by atoms with Gasteiger partial charge in [-0.2, -0.15) is 0 Å². The van der Waals surface area contributed by atoms with Crippen molar-refractivity contribution in [3.63, 3.8) is 0 Å². The Morgan fingerprint density at radius 2 is 1.90 bits per heavy atom. The van der Waals surface area contributed by atoms with Gasteiger partial charge in [-0.15, -0.1) is 0 Å². The highest BCUT2D eigenvalue weighted by atomic mass is 16.7. The first-order chi connectivity index (χ1) is 10.1. The van der Waals surface area contributed by atoms with E-state index in [2.05, 4.69) is 34.5 Å². The Balaban J connectivity index is 1.56. The number of rotatable bonds is 4. The number of nitrogens with one attached hydrogen (secondary N) is 1. The van der Waals surface area contributed by atoms with Crippen LogP contribution in [0.3, 0.4) is 0 Å². The average Bonchev–Trinajstić information content (AvgIpc) is 2.95. The minimum atomic E-state index is -0.449. The van der Waals surface area contributed by atoms with E-state index in [1.54, 1.807) is 0 Å². The molecule has 2 aliphatic rings. The third-order valence-electron chi connectivity index (χ3n) is 4.17. The van der Waals surface area contributed by atoms with Crippen LogP contribution in [0.2, 0.25) is 0 Å². The number of nitrogens with zero attached hydrogens (tertiary/aromatic N) is 1. The summed E-state index contributed by atoms with van der Waals surface area (Å²) >= 11 is 0. The van der Waals surface area contributed by atoms with Gasteiger partial charge in [-0.25, -0.2) is 0 Å². The van der Waals surface area contributed by atoms with E-state index in [1.165, 1.54) is 31.5 Å². The third-order valence-corrected chi connectivity index (χ3v) is 4.17. The summed E-state index contributed by atoms with van der Waals surface area (Å²) in [5.74, 6) is -0.449. The summed E-state index contributed by atoms with van der Waals surface area (Å²) in [5, 5.41) is 3.52. The van der Waals surface area contributed by atoms with E-state index in [0.717, 1.165) is 12.2 Å². The third kappa shape index (κ3) is 4.19. The predicted molar refractivity (Wildman–Crippen MR) is 84.3 cm³/mol. The van der Waals surface area contributed by atoms with Crippen molar-refractivity contribution in [3.8, 4) is 0 Å². The molecule has 0 radical (unpaired) electrons. The topological polar surface area (TPSA) is 33.7 Å². The lowest BCUT2D eigenvalue weighted by Crippen LogP contribution is -2.45. The van der Waals surface area contributed by atoms with E-state index in [0.29, 0.717) is 13.2 Å². The molecule has 1 N–H and O–H groups in total. The molecule has 2 heterocycles. The van der Waals surface area contributed by atoms with Gasteiger partial charge in [0.05, 0.1) is 19.3 Å². The molecule has 1 aromatic rings. The van der Waals surface area contributed by atoms with Gasteiger partial charge in [0.1, 0.15) is 0 Å². The molecule has 2 fully saturated rings. The highest BCUT2D eigenvalue weighted by Crippen LogP contribution is 2.21. The highest BCUT2D eigenvalue weighted by molar-refractivity contribution is 5.46. The summed E-state index contributed by atoms with van der Waals surface area (Å²) in [6, 6.07) is 8.92. The molecule has 0 aliphatic carbocycles. The van der Waals surface area contributed by atoms with Crippen LogP contribution < -0.4 is 5.32 Å². The van der Waals surface area contributed by atoms with E-state index in [9.17, 15) is 0 Å². The highest BCUT2D eigenvalue weighted by Gasteiger charge is 2.28. The van der Waals surface area contributed by atoms with Crippen molar-refractivity contribution in [1.29, 1.82) is 0 Å². The van der Waals surface area contributed by atoms with E-state index in [1.807, 2.05) is 13.8 Å². The van der Waals surface area contributed by atoms with Crippen molar-refractivity contribution >= 4 is 5.69 Å². The van der Waals surface area contributed by atoms with E-state index < -0.39 is 5.79 Å². The van der Waals surface area contributed by atoms with Crippen molar-refractivity contribution in [3.05, 3.63) is 29.8 Å². The molecule has 0 amide bonds. The lowest BCUT2D eigenvalue weighted by Gasteiger charge is -2.35. The number of likely N-dealkylation sites (tertiary alicyclic amines) is 1. The predicted octanol–water partition coefficient (Wildman–Crippen LogP) is 2.85. The van der Waals surface area contributed by atoms with Gasteiger partial charge in [-0.3, -0.25) is 4.90 Å². The molecule has 0 atom stereocenters. The smallest absolute Gasteiger partial charge is 0.162 e. The lowest BCUT2D eigenvalue weighted by atomic mass is 10.1. The van der Waals surface area contributed by atoms with Crippen molar-refractivity contribution < 1.29 is 9.47 Å². The van der Waals surface area contributed by atoms with Gasteiger partial charge in [0.2, 0.25) is 0 Å². The summed E-state index contributed by atoms with van der Waals surface area (Å²) in [6.07, 6.45) is 2.68. The molecule has 4 heteroatoms. The Labute approximate surface area is 127 Å². The lowest BCUT2D eigenvalue weighted by molar-refractivity contribution is -0.247. The summed E-state index contributed by atoms with van der Waals surface area (Å²) < 4.78 is 11.4. The van der Waals surface area contributed by atoms with Crippen LogP contribution >= 0.6 is 0 Å². The molecule has 3 rings (SSSR count). The molecular formula is C17H26N2O2. The normalized spacial score (nSPS) is 23.3. The maximum atomic E-state index is 5.70. The fourth-order valence-electron chi connectivity index (χ4n) is 2.97. The van der Waals surface area contributed by atoms with Gasteiger partial charge in [0.15, 0.2) is 5.79 Å². The number of benzene rings is 1. The van der Waals surface area contributed by atoms with Crippen molar-refractivity contribution in [2.45, 2.75) is 45.1 Å². The number of ether oxygens (including phenoxy) is 2. The Bertz CT molecular complexity index is 460. The van der Waals surface area contributed by atoms with E-state index >= 15 is 0 Å². The zero-order chi connectivity index (χ0) is 14.7. The van der Waals surface area contributed by atoms with Gasteiger partial charge in [0, 0.05) is 12.2 Å². The second kappa shape index (κ2) is 6.34. The van der Waals surface area contributed by atoms with Gasteiger partial charge < -0.3 is 14.8 Å². The molecule has 0 unspecified atom stereocenters. The summed E-state index contributed by atoms with van der Waals surface area (Å²) in [7, 11) is 0. The van der Waals surface area contributed by atoms with Crippen molar-refractivity contribution in [2.75, 3.05) is 31.6 Å². The zero-order valence-electron chi connectivity index (χ0n) is 13.1. The molecule has 2 saturated heterocycles. The Morgan fingerprint density at radius 3 is 2.62 bits per heavy atom. The molecule has 1 aromatic carbocycles. The van der Waals surface area contributed by atoms with Crippen LogP contribution in [0.1, 0.15) is 32.3 Å². The fraction of sp³-hybridized carbons (Fsp3) is 0.647. The second-order valence-electron chi connectivity index (χ2n) is 6.55. The summed E-state index contributed by atoms with van der Waals surface area (Å²) in [4.78, 5) is 2.52. The van der Waals surface area contributed by atoms with Crippen LogP contribution in [0.25, 0.3) is 0 Å². The van der Waals surface area contributed by atoms with Crippen LogP contribution in [0.15, 0.2) is 24.3 Å². The number of hydrogen-bond acceptors (Lipinski definition) is 4. The maximum absolute atomic E-state index is 5.70. The van der Waals surface area contributed by atoms with Crippen LogP contribution in [-0.2, 0) is 16.0 Å². The Morgan fingerprint density at radius 1 is 1.19 bits per heavy atom. The van der Waals surface area contributed by atoms with E-state index in [4.69, 9.17) is 9.47 Å². The zero-order valence-corrected chi connectivity index (χ0v) is 13.1. The average molecular weight is 290 g/mol. The number of hydrogen-bond donors (Lipinski definition) is 1. The summed E-state index contributed by atoms with van der Waals surface area (Å²) in [5.41, 5.74) is 2.53. The quantitative estimate of drug-likeness (QED) is 0.924. The Kier molecular flexibility index (Phi) is 4.48. The van der Waals surface area contributed by atoms with Crippen LogP contribution in [-0.4, -0.2) is 43.0 Å².